The van der Waals surface area contributed by atoms with Gasteiger partial charge >= 0.3 is 5.97 Å². The van der Waals surface area contributed by atoms with E-state index in [9.17, 15) is 9.90 Å². The van der Waals surface area contributed by atoms with Gasteiger partial charge in [-0.25, -0.2) is 4.79 Å². The number of pyridine rings is 1. The standard InChI is InChI=1S/C16H21NO3/c1-10(2)9-20-12(4)15-11(3)14(16(18)19)8-13-6-5-7-17(13)15/h5-8,10,12H,9H2,1-4H3,(H,18,19). The van der Waals surface area contributed by atoms with Gasteiger partial charge in [-0.15, -0.1) is 0 Å². The Labute approximate surface area is 119 Å². The van der Waals surface area contributed by atoms with E-state index in [1.54, 1.807) is 6.07 Å². The normalized spacial score (nSPS) is 13.1. The SMILES string of the molecule is Cc1c(C(=O)O)cc2cccn2c1C(C)OCC(C)C. The van der Waals surface area contributed by atoms with Crippen LogP contribution in [0.3, 0.4) is 0 Å². The Morgan fingerprint density at radius 1 is 1.40 bits per heavy atom. The molecule has 1 unspecified atom stereocenters. The van der Waals surface area contributed by atoms with E-state index in [0.29, 0.717) is 18.1 Å². The van der Waals surface area contributed by atoms with Crippen LogP contribution in [0.2, 0.25) is 0 Å². The largest absolute Gasteiger partial charge is 0.478 e. The van der Waals surface area contributed by atoms with Crippen molar-refractivity contribution >= 4 is 11.5 Å². The average Bonchev–Trinajstić information content (AvgIpc) is 2.82. The Hall–Kier alpha value is -1.81. The molecule has 0 aliphatic rings. The molecule has 4 nitrogen and oxygen atoms in total. The molecule has 0 fully saturated rings. The molecule has 108 valence electrons. The van der Waals surface area contributed by atoms with Gasteiger partial charge in [0.2, 0.25) is 0 Å². The highest BCUT2D eigenvalue weighted by Crippen LogP contribution is 2.26. The van der Waals surface area contributed by atoms with Gasteiger partial charge in [-0.05, 0) is 43.5 Å². The molecule has 0 saturated carbocycles. The number of aromatic nitrogens is 1. The lowest BCUT2D eigenvalue weighted by molar-refractivity contribution is 0.0431. The molecular formula is C16H21NO3. The summed E-state index contributed by atoms with van der Waals surface area (Å²) in [4.78, 5) is 11.4. The second kappa shape index (κ2) is 5.67. The van der Waals surface area contributed by atoms with Gasteiger partial charge in [-0.1, -0.05) is 13.8 Å². The van der Waals surface area contributed by atoms with E-state index in [-0.39, 0.29) is 6.10 Å². The molecule has 2 aromatic rings. The summed E-state index contributed by atoms with van der Waals surface area (Å²) >= 11 is 0. The van der Waals surface area contributed by atoms with Gasteiger partial charge in [0.05, 0.1) is 17.4 Å². The predicted octanol–water partition coefficient (Wildman–Crippen LogP) is 3.68. The molecule has 0 amide bonds. The minimum absolute atomic E-state index is 0.147. The fraction of sp³-hybridized carbons (Fsp3) is 0.438. The van der Waals surface area contributed by atoms with Crippen molar-refractivity contribution in [2.75, 3.05) is 6.61 Å². The third-order valence-electron chi connectivity index (χ3n) is 3.42. The maximum atomic E-state index is 11.4. The maximum absolute atomic E-state index is 11.4. The van der Waals surface area contributed by atoms with E-state index < -0.39 is 5.97 Å². The van der Waals surface area contributed by atoms with E-state index in [1.165, 1.54) is 0 Å². The highest BCUT2D eigenvalue weighted by atomic mass is 16.5. The first-order chi connectivity index (χ1) is 9.41. The summed E-state index contributed by atoms with van der Waals surface area (Å²) in [6, 6.07) is 5.53. The van der Waals surface area contributed by atoms with E-state index in [2.05, 4.69) is 13.8 Å². The van der Waals surface area contributed by atoms with Crippen LogP contribution in [0.25, 0.3) is 5.52 Å². The Balaban J connectivity index is 2.51. The van der Waals surface area contributed by atoms with Gasteiger partial charge in [-0.3, -0.25) is 0 Å². The molecule has 0 aromatic carbocycles. The first-order valence-corrected chi connectivity index (χ1v) is 6.87. The molecule has 4 heteroatoms. The van der Waals surface area contributed by atoms with Crippen LogP contribution in [-0.2, 0) is 4.74 Å². The average molecular weight is 275 g/mol. The zero-order valence-corrected chi connectivity index (χ0v) is 12.4. The molecule has 20 heavy (non-hydrogen) atoms. The minimum Gasteiger partial charge on any atom is -0.478 e. The van der Waals surface area contributed by atoms with Gasteiger partial charge in [-0.2, -0.15) is 0 Å². The number of hydrogen-bond acceptors (Lipinski definition) is 2. The lowest BCUT2D eigenvalue weighted by Crippen LogP contribution is -2.14. The fourth-order valence-electron chi connectivity index (χ4n) is 2.44. The zero-order chi connectivity index (χ0) is 14.9. The Morgan fingerprint density at radius 2 is 2.10 bits per heavy atom. The van der Waals surface area contributed by atoms with E-state index in [0.717, 1.165) is 16.8 Å². The van der Waals surface area contributed by atoms with Gasteiger partial charge in [0.1, 0.15) is 0 Å². The summed E-state index contributed by atoms with van der Waals surface area (Å²) in [6.45, 7) is 8.65. The van der Waals surface area contributed by atoms with E-state index in [1.807, 2.05) is 36.6 Å². The number of aromatic carboxylic acids is 1. The highest BCUT2D eigenvalue weighted by Gasteiger charge is 2.19. The molecule has 0 aliphatic heterocycles. The summed E-state index contributed by atoms with van der Waals surface area (Å²) in [6.07, 6.45) is 1.80. The third kappa shape index (κ3) is 2.70. The molecule has 0 bridgehead atoms. The predicted molar refractivity (Wildman–Crippen MR) is 78.3 cm³/mol. The quantitative estimate of drug-likeness (QED) is 0.905. The molecule has 2 rings (SSSR count). The van der Waals surface area contributed by atoms with Crippen molar-refractivity contribution in [2.24, 2.45) is 5.92 Å². The molecule has 1 atom stereocenters. The summed E-state index contributed by atoms with van der Waals surface area (Å²) < 4.78 is 7.88. The van der Waals surface area contributed by atoms with Crippen LogP contribution >= 0.6 is 0 Å². The molecule has 2 heterocycles. The Kier molecular flexibility index (Phi) is 4.14. The van der Waals surface area contributed by atoms with Crippen LogP contribution in [0.1, 0.15) is 48.5 Å². The third-order valence-corrected chi connectivity index (χ3v) is 3.42. The van der Waals surface area contributed by atoms with Crippen LogP contribution in [0.5, 0.6) is 0 Å². The van der Waals surface area contributed by atoms with Crippen LogP contribution in [-0.4, -0.2) is 22.1 Å². The van der Waals surface area contributed by atoms with Crippen molar-refractivity contribution < 1.29 is 14.6 Å². The van der Waals surface area contributed by atoms with Crippen LogP contribution in [0.4, 0.5) is 0 Å². The number of hydrogen-bond donors (Lipinski definition) is 1. The zero-order valence-electron chi connectivity index (χ0n) is 12.4. The number of carbonyl (C=O) groups is 1. The van der Waals surface area contributed by atoms with Crippen molar-refractivity contribution in [1.29, 1.82) is 0 Å². The molecule has 0 saturated heterocycles. The van der Waals surface area contributed by atoms with Crippen molar-refractivity contribution in [1.82, 2.24) is 4.40 Å². The van der Waals surface area contributed by atoms with Crippen LogP contribution in [0.15, 0.2) is 24.4 Å². The van der Waals surface area contributed by atoms with Crippen molar-refractivity contribution in [3.63, 3.8) is 0 Å². The van der Waals surface area contributed by atoms with Crippen LogP contribution < -0.4 is 0 Å². The smallest absolute Gasteiger partial charge is 0.336 e. The van der Waals surface area contributed by atoms with Crippen molar-refractivity contribution in [3.8, 4) is 0 Å². The number of rotatable bonds is 5. The van der Waals surface area contributed by atoms with Gasteiger partial charge in [0.15, 0.2) is 0 Å². The number of nitrogens with zero attached hydrogens (tertiary/aromatic N) is 1. The first-order valence-electron chi connectivity index (χ1n) is 6.87. The maximum Gasteiger partial charge on any atom is 0.336 e. The monoisotopic (exact) mass is 275 g/mol. The molecule has 0 aliphatic carbocycles. The first kappa shape index (κ1) is 14.6. The fourth-order valence-corrected chi connectivity index (χ4v) is 2.44. The van der Waals surface area contributed by atoms with E-state index in [4.69, 9.17) is 4.74 Å². The Bertz CT molecular complexity index is 628. The lowest BCUT2D eigenvalue weighted by atomic mass is 10.0. The van der Waals surface area contributed by atoms with Crippen molar-refractivity contribution in [3.05, 3.63) is 41.2 Å². The van der Waals surface area contributed by atoms with Gasteiger partial charge in [0, 0.05) is 18.3 Å². The second-order valence-electron chi connectivity index (χ2n) is 5.55. The molecular weight excluding hydrogens is 254 g/mol. The second-order valence-corrected chi connectivity index (χ2v) is 5.55. The molecule has 1 N–H and O–H groups in total. The summed E-state index contributed by atoms with van der Waals surface area (Å²) in [5.41, 5.74) is 2.89. The van der Waals surface area contributed by atoms with Gasteiger partial charge in [0.25, 0.3) is 0 Å². The van der Waals surface area contributed by atoms with Crippen LogP contribution in [0, 0.1) is 12.8 Å². The van der Waals surface area contributed by atoms with E-state index >= 15 is 0 Å². The Morgan fingerprint density at radius 3 is 2.70 bits per heavy atom. The summed E-state index contributed by atoms with van der Waals surface area (Å²) in [5, 5.41) is 9.34. The van der Waals surface area contributed by atoms with Gasteiger partial charge < -0.3 is 14.2 Å². The summed E-state index contributed by atoms with van der Waals surface area (Å²) in [5.74, 6) is -0.455. The molecule has 2 aromatic heterocycles. The molecule has 0 radical (unpaired) electrons. The highest BCUT2D eigenvalue weighted by molar-refractivity contribution is 5.91. The number of fused-ring (bicyclic) bond motifs is 1. The van der Waals surface area contributed by atoms with Crippen molar-refractivity contribution in [2.45, 2.75) is 33.8 Å². The number of carboxylic acid groups (broad SMARTS) is 1. The lowest BCUT2D eigenvalue weighted by Gasteiger charge is -2.20. The summed E-state index contributed by atoms with van der Waals surface area (Å²) in [7, 11) is 0. The topological polar surface area (TPSA) is 50.9 Å². The number of ether oxygens (including phenoxy) is 1. The minimum atomic E-state index is -0.900. The number of carboxylic acids is 1. The molecule has 0 spiro atoms.